The van der Waals surface area contributed by atoms with Crippen molar-refractivity contribution in [3.05, 3.63) is 40.7 Å². The lowest BCUT2D eigenvalue weighted by Crippen LogP contribution is -2.04. The molecule has 0 aliphatic heterocycles. The number of halogens is 7. The predicted octanol–water partition coefficient (Wildman–Crippen LogP) is 3.78. The van der Waals surface area contributed by atoms with Crippen molar-refractivity contribution in [1.82, 2.24) is 0 Å². The van der Waals surface area contributed by atoms with Gasteiger partial charge in [0, 0.05) is 0 Å². The summed E-state index contributed by atoms with van der Waals surface area (Å²) >= 11 is 0. The van der Waals surface area contributed by atoms with Crippen molar-refractivity contribution in [2.75, 3.05) is 0 Å². The highest BCUT2D eigenvalue weighted by Gasteiger charge is 2.30. The summed E-state index contributed by atoms with van der Waals surface area (Å²) in [4.78, 5) is 12.4. The Morgan fingerprint density at radius 2 is 1.00 bits per heavy atom. The van der Waals surface area contributed by atoms with Crippen LogP contribution in [0.1, 0.15) is 0 Å². The van der Waals surface area contributed by atoms with E-state index in [1.165, 1.54) is 0 Å². The Kier molecular flexibility index (Phi) is 3.23. The first kappa shape index (κ1) is 14.0. The molecule has 0 radical (unpaired) electrons. The van der Waals surface area contributed by atoms with Gasteiger partial charge in [0.05, 0.1) is 10.8 Å². The van der Waals surface area contributed by atoms with Crippen LogP contribution in [0.15, 0.2) is 4.99 Å². The number of fused-ring (bicyclic) bond motifs is 1. The lowest BCUT2D eigenvalue weighted by molar-refractivity contribution is 0.412. The lowest BCUT2D eigenvalue weighted by atomic mass is 10.1. The summed E-state index contributed by atoms with van der Waals surface area (Å²) in [5.41, 5.74) is -1.63. The van der Waals surface area contributed by atoms with E-state index in [1.54, 1.807) is 0 Å². The van der Waals surface area contributed by atoms with Crippen molar-refractivity contribution in [1.29, 1.82) is 0 Å². The van der Waals surface area contributed by atoms with Crippen molar-refractivity contribution in [2.45, 2.75) is 0 Å². The number of isocyanates is 1. The third-order valence-electron chi connectivity index (χ3n) is 2.47. The predicted molar refractivity (Wildman–Crippen MR) is 51.4 cm³/mol. The molecule has 0 bridgehead atoms. The Bertz CT molecular complexity index is 796. The van der Waals surface area contributed by atoms with E-state index in [0.29, 0.717) is 6.08 Å². The van der Waals surface area contributed by atoms with E-state index in [2.05, 4.69) is 4.99 Å². The van der Waals surface area contributed by atoms with Crippen molar-refractivity contribution in [2.24, 2.45) is 4.99 Å². The maximum atomic E-state index is 13.7. The molecular formula is C11F7NO. The Hall–Kier alpha value is -2.41. The monoisotopic (exact) mass is 295 g/mol. The fraction of sp³-hybridized carbons (Fsp3) is 0. The van der Waals surface area contributed by atoms with Gasteiger partial charge in [-0.1, -0.05) is 0 Å². The first-order valence-electron chi connectivity index (χ1n) is 4.72. The first-order valence-corrected chi connectivity index (χ1v) is 4.72. The molecule has 20 heavy (non-hydrogen) atoms. The average molecular weight is 295 g/mol. The minimum atomic E-state index is -2.43. The molecule has 0 aliphatic rings. The lowest BCUT2D eigenvalue weighted by Gasteiger charge is -2.09. The summed E-state index contributed by atoms with van der Waals surface area (Å²) in [6.45, 7) is 0. The van der Waals surface area contributed by atoms with E-state index >= 15 is 0 Å². The molecule has 0 fully saturated rings. The summed E-state index contributed by atoms with van der Waals surface area (Å²) in [6, 6.07) is 0. The molecule has 0 aliphatic carbocycles. The fourth-order valence-electron chi connectivity index (χ4n) is 1.62. The van der Waals surface area contributed by atoms with Crippen LogP contribution in [0.3, 0.4) is 0 Å². The van der Waals surface area contributed by atoms with Crippen molar-refractivity contribution < 1.29 is 35.5 Å². The van der Waals surface area contributed by atoms with E-state index in [-0.39, 0.29) is 0 Å². The van der Waals surface area contributed by atoms with E-state index < -0.39 is 57.2 Å². The smallest absolute Gasteiger partial charge is 0.211 e. The molecule has 2 aromatic rings. The highest BCUT2D eigenvalue weighted by atomic mass is 19.2. The first-order chi connectivity index (χ1) is 9.32. The summed E-state index contributed by atoms with van der Waals surface area (Å²) in [7, 11) is 0. The van der Waals surface area contributed by atoms with Gasteiger partial charge in [-0.05, 0) is 0 Å². The van der Waals surface area contributed by atoms with Gasteiger partial charge in [0.15, 0.2) is 46.4 Å². The second-order valence-electron chi connectivity index (χ2n) is 3.50. The van der Waals surface area contributed by atoms with Crippen LogP contribution >= 0.6 is 0 Å². The number of nitrogens with zero attached hydrogens (tertiary/aromatic N) is 1. The zero-order valence-corrected chi connectivity index (χ0v) is 9.00. The van der Waals surface area contributed by atoms with Gasteiger partial charge >= 0.3 is 0 Å². The standard InChI is InChI=1S/C11F7NO/c12-4-2-3(5(13)9(17)8(4)16)7(15)11(19-1-20)10(18)6(2)14. The van der Waals surface area contributed by atoms with Crippen LogP contribution in [-0.2, 0) is 4.79 Å². The minimum absolute atomic E-state index is 0.662. The normalized spacial score (nSPS) is 10.8. The highest BCUT2D eigenvalue weighted by Crippen LogP contribution is 2.37. The highest BCUT2D eigenvalue weighted by molar-refractivity contribution is 5.88. The third kappa shape index (κ3) is 1.67. The zero-order valence-electron chi connectivity index (χ0n) is 9.00. The fourth-order valence-corrected chi connectivity index (χ4v) is 1.62. The Balaban J connectivity index is 3.21. The maximum absolute atomic E-state index is 13.7. The largest absolute Gasteiger partial charge is 0.240 e. The average Bonchev–Trinajstić information content (AvgIpc) is 2.42. The number of hydrogen-bond donors (Lipinski definition) is 0. The van der Waals surface area contributed by atoms with Crippen LogP contribution in [0.2, 0.25) is 0 Å². The van der Waals surface area contributed by atoms with Crippen molar-refractivity contribution in [3.63, 3.8) is 0 Å². The molecule has 2 nitrogen and oxygen atoms in total. The van der Waals surface area contributed by atoms with E-state index in [1.807, 2.05) is 0 Å². The summed E-state index contributed by atoms with van der Waals surface area (Å²) < 4.78 is 93.1. The van der Waals surface area contributed by atoms with Gasteiger partial charge < -0.3 is 0 Å². The number of aliphatic imine (C=N–C) groups is 1. The molecule has 9 heteroatoms. The number of benzene rings is 2. The van der Waals surface area contributed by atoms with Gasteiger partial charge in [0.25, 0.3) is 0 Å². The van der Waals surface area contributed by atoms with Gasteiger partial charge in [-0.2, -0.15) is 4.99 Å². The van der Waals surface area contributed by atoms with Crippen molar-refractivity contribution >= 4 is 22.5 Å². The summed E-state index contributed by atoms with van der Waals surface area (Å²) in [5, 5.41) is -3.46. The Morgan fingerprint density at radius 3 is 1.45 bits per heavy atom. The number of hydrogen-bond acceptors (Lipinski definition) is 2. The SMILES string of the molecule is O=C=Nc1c(F)c(F)c2c(F)c(F)c(F)c(F)c2c1F. The number of rotatable bonds is 1. The molecule has 0 atom stereocenters. The van der Waals surface area contributed by atoms with E-state index in [9.17, 15) is 35.5 Å². The van der Waals surface area contributed by atoms with Gasteiger partial charge in [0.1, 0.15) is 0 Å². The minimum Gasteiger partial charge on any atom is -0.211 e. The Morgan fingerprint density at radius 1 is 0.600 bits per heavy atom. The Labute approximate surface area is 105 Å². The molecule has 104 valence electrons. The molecule has 2 aromatic carbocycles. The van der Waals surface area contributed by atoms with Gasteiger partial charge in [0.2, 0.25) is 6.08 Å². The van der Waals surface area contributed by atoms with E-state index in [4.69, 9.17) is 0 Å². The molecule has 0 aromatic heterocycles. The van der Waals surface area contributed by atoms with Gasteiger partial charge in [-0.15, -0.1) is 0 Å². The van der Waals surface area contributed by atoms with Gasteiger partial charge in [-0.25, -0.2) is 35.5 Å². The third-order valence-corrected chi connectivity index (χ3v) is 2.47. The van der Waals surface area contributed by atoms with Crippen LogP contribution in [-0.4, -0.2) is 6.08 Å². The van der Waals surface area contributed by atoms with Crippen LogP contribution in [0.25, 0.3) is 10.8 Å². The van der Waals surface area contributed by atoms with Crippen LogP contribution in [0, 0.1) is 40.7 Å². The molecule has 0 unspecified atom stereocenters. The molecule has 0 saturated heterocycles. The second-order valence-corrected chi connectivity index (χ2v) is 3.50. The second kappa shape index (κ2) is 4.61. The topological polar surface area (TPSA) is 29.4 Å². The van der Waals surface area contributed by atoms with E-state index in [0.717, 1.165) is 0 Å². The van der Waals surface area contributed by atoms with Crippen LogP contribution in [0.5, 0.6) is 0 Å². The molecule has 0 saturated carbocycles. The molecule has 2 rings (SSSR count). The molecular weight excluding hydrogens is 295 g/mol. The number of carbonyl (C=O) groups excluding carboxylic acids is 1. The molecule has 0 spiro atoms. The van der Waals surface area contributed by atoms with Crippen LogP contribution < -0.4 is 0 Å². The summed E-state index contributed by atoms with van der Waals surface area (Å²) in [6.07, 6.45) is 0.662. The zero-order chi connectivity index (χ0) is 15.2. The molecule has 0 heterocycles. The molecule has 0 N–H and O–H groups in total. The van der Waals surface area contributed by atoms with Crippen LogP contribution in [0.4, 0.5) is 36.4 Å². The summed E-state index contributed by atoms with van der Waals surface area (Å²) in [5.74, 6) is -15.9. The van der Waals surface area contributed by atoms with Gasteiger partial charge in [-0.3, -0.25) is 0 Å². The molecule has 0 amide bonds. The van der Waals surface area contributed by atoms with Crippen molar-refractivity contribution in [3.8, 4) is 0 Å². The quantitative estimate of drug-likeness (QED) is 0.259. The maximum Gasteiger partial charge on any atom is 0.240 e.